The standard InChI is InChI=1S/C19H23NO2/c1-3-21-19(22-4-2)18(17-13-9-6-10-14-17)20-15-16-11-7-5-8-12-16/h5-15,18-19H,3-4H2,1-2H3. The van der Waals surface area contributed by atoms with Crippen LogP contribution in [0, 0.1) is 0 Å². The highest BCUT2D eigenvalue weighted by Crippen LogP contribution is 2.24. The Hall–Kier alpha value is -1.97. The molecule has 0 heterocycles. The Morgan fingerprint density at radius 1 is 0.864 bits per heavy atom. The average molecular weight is 297 g/mol. The van der Waals surface area contributed by atoms with Crippen molar-refractivity contribution in [3.8, 4) is 0 Å². The monoisotopic (exact) mass is 297 g/mol. The first-order valence-electron chi connectivity index (χ1n) is 7.71. The third-order valence-electron chi connectivity index (χ3n) is 3.24. The van der Waals surface area contributed by atoms with Gasteiger partial charge in [0.15, 0.2) is 6.29 Å². The summed E-state index contributed by atoms with van der Waals surface area (Å²) in [5.74, 6) is 0. The highest BCUT2D eigenvalue weighted by Gasteiger charge is 2.22. The van der Waals surface area contributed by atoms with Crippen LogP contribution in [0.4, 0.5) is 0 Å². The Bertz CT molecular complexity index is 548. The van der Waals surface area contributed by atoms with Crippen molar-refractivity contribution in [2.24, 2.45) is 4.99 Å². The van der Waals surface area contributed by atoms with E-state index in [1.807, 2.05) is 68.6 Å². The van der Waals surface area contributed by atoms with Crippen LogP contribution in [0.5, 0.6) is 0 Å². The second kappa shape index (κ2) is 9.13. The molecule has 2 rings (SSSR count). The number of ether oxygens (including phenoxy) is 2. The van der Waals surface area contributed by atoms with Gasteiger partial charge in [0, 0.05) is 19.4 Å². The Labute approximate surface area is 132 Å². The highest BCUT2D eigenvalue weighted by atomic mass is 16.7. The van der Waals surface area contributed by atoms with Crippen molar-refractivity contribution in [3.63, 3.8) is 0 Å². The first-order valence-corrected chi connectivity index (χ1v) is 7.71. The van der Waals surface area contributed by atoms with E-state index in [9.17, 15) is 0 Å². The minimum absolute atomic E-state index is 0.179. The molecule has 0 saturated heterocycles. The topological polar surface area (TPSA) is 30.8 Å². The predicted octanol–water partition coefficient (Wildman–Crippen LogP) is 4.25. The normalized spacial score (nSPS) is 12.9. The fourth-order valence-electron chi connectivity index (χ4n) is 2.23. The minimum Gasteiger partial charge on any atom is -0.350 e. The first kappa shape index (κ1) is 16.4. The van der Waals surface area contributed by atoms with Crippen LogP contribution in [-0.2, 0) is 9.47 Å². The number of aliphatic imine (C=N–C) groups is 1. The van der Waals surface area contributed by atoms with Gasteiger partial charge in [0.05, 0.1) is 0 Å². The molecular formula is C19H23NO2. The summed E-state index contributed by atoms with van der Waals surface area (Å²) in [5.41, 5.74) is 2.15. The Kier molecular flexibility index (Phi) is 6.81. The SMILES string of the molecule is CCOC(OCC)C(N=Cc1ccccc1)c1ccccc1. The zero-order valence-corrected chi connectivity index (χ0v) is 13.2. The van der Waals surface area contributed by atoms with Gasteiger partial charge in [-0.05, 0) is 25.0 Å². The summed E-state index contributed by atoms with van der Waals surface area (Å²) in [7, 11) is 0. The van der Waals surface area contributed by atoms with Gasteiger partial charge in [-0.25, -0.2) is 0 Å². The molecule has 0 bridgehead atoms. The number of benzene rings is 2. The van der Waals surface area contributed by atoms with E-state index in [1.54, 1.807) is 0 Å². The number of nitrogens with zero attached hydrogens (tertiary/aromatic N) is 1. The number of hydrogen-bond donors (Lipinski definition) is 0. The predicted molar refractivity (Wildman–Crippen MR) is 90.3 cm³/mol. The molecule has 2 aromatic rings. The van der Waals surface area contributed by atoms with E-state index in [-0.39, 0.29) is 12.3 Å². The molecule has 0 aromatic heterocycles. The molecule has 1 atom stereocenters. The van der Waals surface area contributed by atoms with Gasteiger partial charge in [-0.3, -0.25) is 4.99 Å². The summed E-state index contributed by atoms with van der Waals surface area (Å²) in [6.07, 6.45) is 1.50. The molecule has 2 aromatic carbocycles. The van der Waals surface area contributed by atoms with Crippen LogP contribution < -0.4 is 0 Å². The quantitative estimate of drug-likeness (QED) is 0.539. The van der Waals surface area contributed by atoms with Crippen LogP contribution in [0.25, 0.3) is 0 Å². The highest BCUT2D eigenvalue weighted by molar-refractivity contribution is 5.79. The van der Waals surface area contributed by atoms with Crippen LogP contribution >= 0.6 is 0 Å². The molecule has 22 heavy (non-hydrogen) atoms. The molecule has 0 radical (unpaired) electrons. The van der Waals surface area contributed by atoms with E-state index in [4.69, 9.17) is 14.5 Å². The van der Waals surface area contributed by atoms with Gasteiger partial charge in [0.1, 0.15) is 6.04 Å². The van der Waals surface area contributed by atoms with Crippen molar-refractivity contribution in [3.05, 3.63) is 71.8 Å². The van der Waals surface area contributed by atoms with Crippen molar-refractivity contribution in [2.75, 3.05) is 13.2 Å². The zero-order valence-electron chi connectivity index (χ0n) is 13.2. The summed E-state index contributed by atoms with van der Waals surface area (Å²) in [5, 5.41) is 0. The maximum atomic E-state index is 5.75. The summed E-state index contributed by atoms with van der Waals surface area (Å²) in [6.45, 7) is 5.12. The van der Waals surface area contributed by atoms with Crippen molar-refractivity contribution in [1.82, 2.24) is 0 Å². The van der Waals surface area contributed by atoms with Crippen LogP contribution in [0.1, 0.15) is 31.0 Å². The van der Waals surface area contributed by atoms with E-state index in [1.165, 1.54) is 0 Å². The fourth-order valence-corrected chi connectivity index (χ4v) is 2.23. The average Bonchev–Trinajstić information content (AvgIpc) is 2.57. The Balaban J connectivity index is 2.26. The van der Waals surface area contributed by atoms with Crippen molar-refractivity contribution in [1.29, 1.82) is 0 Å². The molecule has 0 spiro atoms. The lowest BCUT2D eigenvalue weighted by Crippen LogP contribution is -2.25. The molecule has 1 unspecified atom stereocenters. The Morgan fingerprint density at radius 2 is 1.41 bits per heavy atom. The number of rotatable bonds is 8. The van der Waals surface area contributed by atoms with Gasteiger partial charge >= 0.3 is 0 Å². The van der Waals surface area contributed by atoms with Crippen LogP contribution in [0.15, 0.2) is 65.7 Å². The fraction of sp³-hybridized carbons (Fsp3) is 0.316. The van der Waals surface area contributed by atoms with E-state index < -0.39 is 0 Å². The van der Waals surface area contributed by atoms with Crippen molar-refractivity contribution < 1.29 is 9.47 Å². The van der Waals surface area contributed by atoms with E-state index in [0.29, 0.717) is 13.2 Å². The molecule has 0 N–H and O–H groups in total. The van der Waals surface area contributed by atoms with Gasteiger partial charge in [-0.15, -0.1) is 0 Å². The lowest BCUT2D eigenvalue weighted by molar-refractivity contribution is -0.148. The lowest BCUT2D eigenvalue weighted by atomic mass is 10.1. The largest absolute Gasteiger partial charge is 0.350 e. The zero-order chi connectivity index (χ0) is 15.6. The second-order valence-corrected chi connectivity index (χ2v) is 4.82. The molecule has 0 fully saturated rings. The van der Waals surface area contributed by atoms with Crippen LogP contribution in [-0.4, -0.2) is 25.7 Å². The third kappa shape index (κ3) is 4.79. The summed E-state index contributed by atoms with van der Waals surface area (Å²) in [6, 6.07) is 20.0. The van der Waals surface area contributed by atoms with Crippen molar-refractivity contribution >= 4 is 6.21 Å². The first-order chi connectivity index (χ1) is 10.8. The van der Waals surface area contributed by atoms with Gasteiger partial charge in [-0.2, -0.15) is 0 Å². The molecule has 0 aliphatic carbocycles. The van der Waals surface area contributed by atoms with E-state index >= 15 is 0 Å². The second-order valence-electron chi connectivity index (χ2n) is 4.82. The smallest absolute Gasteiger partial charge is 0.183 e. The third-order valence-corrected chi connectivity index (χ3v) is 3.24. The minimum atomic E-state index is -0.377. The van der Waals surface area contributed by atoms with Crippen LogP contribution in [0.3, 0.4) is 0 Å². The molecule has 3 nitrogen and oxygen atoms in total. The summed E-state index contributed by atoms with van der Waals surface area (Å²) < 4.78 is 11.5. The molecule has 0 saturated carbocycles. The van der Waals surface area contributed by atoms with E-state index in [0.717, 1.165) is 11.1 Å². The summed E-state index contributed by atoms with van der Waals surface area (Å²) >= 11 is 0. The number of hydrogen-bond acceptors (Lipinski definition) is 3. The van der Waals surface area contributed by atoms with Crippen LogP contribution in [0.2, 0.25) is 0 Å². The van der Waals surface area contributed by atoms with Gasteiger partial charge in [0.2, 0.25) is 0 Å². The molecule has 0 aliphatic rings. The molecule has 3 heteroatoms. The summed E-state index contributed by atoms with van der Waals surface area (Å²) in [4.78, 5) is 4.73. The van der Waals surface area contributed by atoms with Gasteiger partial charge < -0.3 is 9.47 Å². The Morgan fingerprint density at radius 3 is 1.95 bits per heavy atom. The maximum absolute atomic E-state index is 5.75. The van der Waals surface area contributed by atoms with E-state index in [2.05, 4.69) is 12.1 Å². The lowest BCUT2D eigenvalue weighted by Gasteiger charge is -2.24. The van der Waals surface area contributed by atoms with Crippen molar-refractivity contribution in [2.45, 2.75) is 26.2 Å². The van der Waals surface area contributed by atoms with Gasteiger partial charge in [0.25, 0.3) is 0 Å². The molecule has 0 aliphatic heterocycles. The van der Waals surface area contributed by atoms with Gasteiger partial charge in [-0.1, -0.05) is 60.7 Å². The molecular weight excluding hydrogens is 274 g/mol. The molecule has 0 amide bonds. The maximum Gasteiger partial charge on any atom is 0.183 e. The molecule has 116 valence electrons.